The molecule has 0 spiro atoms. The minimum absolute atomic E-state index is 0.0117. The van der Waals surface area contributed by atoms with Crippen LogP contribution in [0.1, 0.15) is 46.8 Å². The summed E-state index contributed by atoms with van der Waals surface area (Å²) in [5.74, 6) is -0.717. The van der Waals surface area contributed by atoms with Crippen LogP contribution in [0.4, 0.5) is 10.1 Å². The molecule has 0 saturated carbocycles. The van der Waals surface area contributed by atoms with Crippen molar-refractivity contribution >= 4 is 35.0 Å². The van der Waals surface area contributed by atoms with Crippen molar-refractivity contribution in [2.24, 2.45) is 7.05 Å². The Balaban J connectivity index is 1.58. The Morgan fingerprint density at radius 3 is 2.59 bits per heavy atom. The van der Waals surface area contributed by atoms with Crippen LogP contribution in [0.25, 0.3) is 0 Å². The Morgan fingerprint density at radius 2 is 1.88 bits per heavy atom. The van der Waals surface area contributed by atoms with E-state index >= 15 is 0 Å². The summed E-state index contributed by atoms with van der Waals surface area (Å²) in [7, 11) is 1.79. The third-order valence-electron chi connectivity index (χ3n) is 5.13. The van der Waals surface area contributed by atoms with Crippen molar-refractivity contribution in [2.45, 2.75) is 37.1 Å². The topological polar surface area (TPSA) is 106 Å². The maximum atomic E-state index is 13.7. The van der Waals surface area contributed by atoms with E-state index in [1.54, 1.807) is 41.9 Å². The van der Waals surface area contributed by atoms with Gasteiger partial charge in [0.05, 0.1) is 10.8 Å². The van der Waals surface area contributed by atoms with Gasteiger partial charge >= 0.3 is 0 Å². The van der Waals surface area contributed by atoms with Gasteiger partial charge in [0.15, 0.2) is 10.9 Å². The number of aromatic nitrogens is 3. The first kappa shape index (κ1) is 25.1. The predicted octanol–water partition coefficient (Wildman–Crippen LogP) is 3.64. The molecule has 3 rings (SSSR count). The van der Waals surface area contributed by atoms with Crippen molar-refractivity contribution in [1.82, 2.24) is 20.1 Å². The second-order valence-electron chi connectivity index (χ2n) is 7.58. The molecule has 1 aromatic heterocycles. The van der Waals surface area contributed by atoms with E-state index in [0.717, 1.165) is 0 Å². The summed E-state index contributed by atoms with van der Waals surface area (Å²) in [5, 5.41) is 14.0. The number of anilines is 1. The number of ketones is 1. The zero-order chi connectivity index (χ0) is 24.7. The van der Waals surface area contributed by atoms with E-state index in [2.05, 4.69) is 20.8 Å². The summed E-state index contributed by atoms with van der Waals surface area (Å²) < 4.78 is 15.5. The molecule has 0 aliphatic rings. The molecule has 2 amide bonds. The largest absolute Gasteiger partial charge is 0.351 e. The maximum Gasteiger partial charge on any atom is 0.254 e. The Morgan fingerprint density at radius 1 is 1.12 bits per heavy atom. The minimum Gasteiger partial charge on any atom is -0.351 e. The van der Waals surface area contributed by atoms with Crippen molar-refractivity contribution in [3.8, 4) is 0 Å². The van der Waals surface area contributed by atoms with Crippen LogP contribution in [0.15, 0.2) is 53.7 Å². The number of rotatable bonds is 10. The van der Waals surface area contributed by atoms with Crippen LogP contribution in [-0.4, -0.2) is 44.2 Å². The molecule has 0 aliphatic heterocycles. The molecule has 1 atom stereocenters. The summed E-state index contributed by atoms with van der Waals surface area (Å²) in [6.45, 7) is 3.63. The van der Waals surface area contributed by atoms with E-state index in [-0.39, 0.29) is 23.8 Å². The molecule has 0 saturated heterocycles. The average Bonchev–Trinajstić information content (AvgIpc) is 3.16. The smallest absolute Gasteiger partial charge is 0.254 e. The van der Waals surface area contributed by atoms with Gasteiger partial charge in [-0.3, -0.25) is 14.4 Å². The Bertz CT molecular complexity index is 1200. The molecule has 10 heteroatoms. The van der Waals surface area contributed by atoms with E-state index < -0.39 is 17.0 Å². The molecular weight excluding hydrogens is 457 g/mol. The van der Waals surface area contributed by atoms with Crippen LogP contribution >= 0.6 is 11.8 Å². The Labute approximate surface area is 201 Å². The second-order valence-corrected chi connectivity index (χ2v) is 8.75. The highest BCUT2D eigenvalue weighted by Crippen LogP contribution is 2.25. The highest BCUT2D eigenvalue weighted by atomic mass is 32.2. The van der Waals surface area contributed by atoms with Crippen LogP contribution in [0.3, 0.4) is 0 Å². The van der Waals surface area contributed by atoms with E-state index in [9.17, 15) is 18.8 Å². The number of nitrogens with one attached hydrogen (secondary N) is 2. The fraction of sp³-hybridized carbons (Fsp3) is 0.292. The van der Waals surface area contributed by atoms with Crippen LogP contribution in [-0.2, 0) is 18.3 Å². The number of Topliss-reactive ketones (excluding diaryl/α,β-unsaturated/α-hetero) is 1. The molecule has 0 bridgehead atoms. The first-order valence-electron chi connectivity index (χ1n) is 10.8. The number of nitrogens with zero attached hydrogens (tertiary/aromatic N) is 3. The standard InChI is InChI=1S/C24H26FN5O3S/c1-4-20(23(33)27-17-9-7-8-16(14-17)15(2)31)34-24-29-28-21(30(24)3)12-13-26-22(32)18-10-5-6-11-19(18)25/h5-11,14,20H,4,12-13H2,1-3H3,(H,26,32)(H,27,33). The lowest BCUT2D eigenvalue weighted by Gasteiger charge is -2.14. The van der Waals surface area contributed by atoms with Crippen molar-refractivity contribution < 1.29 is 18.8 Å². The molecule has 0 fully saturated rings. The summed E-state index contributed by atoms with van der Waals surface area (Å²) in [4.78, 5) is 36.5. The van der Waals surface area contributed by atoms with Crippen LogP contribution < -0.4 is 10.6 Å². The number of hydrogen-bond acceptors (Lipinski definition) is 6. The number of thioether (sulfide) groups is 1. The normalized spacial score (nSPS) is 11.6. The molecule has 1 unspecified atom stereocenters. The number of carbonyl (C=O) groups excluding carboxylic acids is 3. The van der Waals surface area contributed by atoms with E-state index in [0.29, 0.717) is 35.1 Å². The number of carbonyl (C=O) groups is 3. The minimum atomic E-state index is -0.575. The number of benzene rings is 2. The first-order valence-corrected chi connectivity index (χ1v) is 11.7. The molecule has 1 heterocycles. The summed E-state index contributed by atoms with van der Waals surface area (Å²) in [6.07, 6.45) is 0.953. The van der Waals surface area contributed by atoms with Crippen molar-refractivity contribution in [3.63, 3.8) is 0 Å². The Kier molecular flexibility index (Phi) is 8.53. The SMILES string of the molecule is CCC(Sc1nnc(CCNC(=O)c2ccccc2F)n1C)C(=O)Nc1cccc(C(C)=O)c1. The van der Waals surface area contributed by atoms with Crippen LogP contribution in [0.5, 0.6) is 0 Å². The van der Waals surface area contributed by atoms with Crippen LogP contribution in [0, 0.1) is 5.82 Å². The average molecular weight is 484 g/mol. The van der Waals surface area contributed by atoms with Gasteiger partial charge in [-0.25, -0.2) is 4.39 Å². The van der Waals surface area contributed by atoms with Gasteiger partial charge in [-0.05, 0) is 37.6 Å². The zero-order valence-electron chi connectivity index (χ0n) is 19.2. The van der Waals surface area contributed by atoms with E-state index in [1.807, 2.05) is 6.92 Å². The van der Waals surface area contributed by atoms with Gasteiger partial charge in [0, 0.05) is 31.3 Å². The fourth-order valence-corrected chi connectivity index (χ4v) is 4.12. The number of amides is 2. The summed E-state index contributed by atoms with van der Waals surface area (Å²) in [6, 6.07) is 12.6. The van der Waals surface area contributed by atoms with Gasteiger partial charge in [-0.2, -0.15) is 0 Å². The molecule has 2 aromatic carbocycles. The van der Waals surface area contributed by atoms with E-state index in [4.69, 9.17) is 0 Å². The molecule has 2 N–H and O–H groups in total. The number of halogens is 1. The first-order chi connectivity index (χ1) is 16.3. The number of hydrogen-bond donors (Lipinski definition) is 2. The van der Waals surface area contributed by atoms with Gasteiger partial charge < -0.3 is 15.2 Å². The molecule has 34 heavy (non-hydrogen) atoms. The fourth-order valence-electron chi connectivity index (χ4n) is 3.18. The monoisotopic (exact) mass is 483 g/mol. The molecular formula is C24H26FN5O3S. The molecule has 3 aromatic rings. The lowest BCUT2D eigenvalue weighted by molar-refractivity contribution is -0.115. The summed E-state index contributed by atoms with van der Waals surface area (Å²) in [5.41, 5.74) is 1.07. The Hall–Kier alpha value is -3.53. The van der Waals surface area contributed by atoms with Gasteiger partial charge in [0.25, 0.3) is 5.91 Å². The highest BCUT2D eigenvalue weighted by molar-refractivity contribution is 8.00. The lowest BCUT2D eigenvalue weighted by atomic mass is 10.1. The third-order valence-corrected chi connectivity index (χ3v) is 6.52. The molecule has 0 radical (unpaired) electrons. The van der Waals surface area contributed by atoms with Crippen LogP contribution in [0.2, 0.25) is 0 Å². The quantitative estimate of drug-likeness (QED) is 0.337. The zero-order valence-corrected chi connectivity index (χ0v) is 20.0. The predicted molar refractivity (Wildman–Crippen MR) is 128 cm³/mol. The third kappa shape index (κ3) is 6.28. The lowest BCUT2D eigenvalue weighted by Crippen LogP contribution is -2.27. The molecule has 178 valence electrons. The van der Waals surface area contributed by atoms with Crippen molar-refractivity contribution in [3.05, 3.63) is 71.3 Å². The van der Waals surface area contributed by atoms with Crippen molar-refractivity contribution in [1.29, 1.82) is 0 Å². The van der Waals surface area contributed by atoms with Gasteiger partial charge in [0.2, 0.25) is 5.91 Å². The van der Waals surface area contributed by atoms with Gasteiger partial charge in [-0.1, -0.05) is 43.0 Å². The molecule has 8 nitrogen and oxygen atoms in total. The van der Waals surface area contributed by atoms with Gasteiger partial charge in [-0.15, -0.1) is 10.2 Å². The van der Waals surface area contributed by atoms with E-state index in [1.165, 1.54) is 36.9 Å². The van der Waals surface area contributed by atoms with Gasteiger partial charge in [0.1, 0.15) is 11.6 Å². The maximum absolute atomic E-state index is 13.7. The van der Waals surface area contributed by atoms with Crippen molar-refractivity contribution in [2.75, 3.05) is 11.9 Å². The summed E-state index contributed by atoms with van der Waals surface area (Å²) >= 11 is 1.29. The molecule has 0 aliphatic carbocycles. The second kappa shape index (κ2) is 11.6. The highest BCUT2D eigenvalue weighted by Gasteiger charge is 2.22.